The highest BCUT2D eigenvalue weighted by Gasteiger charge is 2.22. The van der Waals surface area contributed by atoms with Gasteiger partial charge in [0.15, 0.2) is 5.13 Å². The van der Waals surface area contributed by atoms with Gasteiger partial charge in [-0.3, -0.25) is 9.59 Å². The van der Waals surface area contributed by atoms with Crippen molar-refractivity contribution in [2.45, 2.75) is 52.9 Å². The summed E-state index contributed by atoms with van der Waals surface area (Å²) in [5, 5.41) is 7.12. The van der Waals surface area contributed by atoms with Gasteiger partial charge in [0, 0.05) is 38.7 Å². The van der Waals surface area contributed by atoms with Gasteiger partial charge in [-0.15, -0.1) is 0 Å². The highest BCUT2D eigenvalue weighted by molar-refractivity contribution is 7.17. The lowest BCUT2D eigenvalue weighted by atomic mass is 10.1. The monoisotopic (exact) mass is 555 g/mol. The molecule has 0 spiro atoms. The van der Waals surface area contributed by atoms with Gasteiger partial charge in [0.25, 0.3) is 5.91 Å². The van der Waals surface area contributed by atoms with Crippen LogP contribution in [0.4, 0.5) is 22.5 Å². The zero-order chi connectivity index (χ0) is 27.1. The summed E-state index contributed by atoms with van der Waals surface area (Å²) in [4.78, 5) is 43.4. The first-order chi connectivity index (χ1) is 18.3. The van der Waals surface area contributed by atoms with Gasteiger partial charge in [0.2, 0.25) is 5.91 Å². The molecule has 3 heterocycles. The number of nitrogens with one attached hydrogen (secondary N) is 2. The van der Waals surface area contributed by atoms with E-state index in [0.717, 1.165) is 37.3 Å². The summed E-state index contributed by atoms with van der Waals surface area (Å²) in [6.45, 7) is 8.73. The summed E-state index contributed by atoms with van der Waals surface area (Å²) in [5.74, 6) is 2.01. The molecule has 1 fully saturated rings. The fraction of sp³-hybridized carbons (Fsp3) is 0.444. The maximum atomic E-state index is 12.8. The molecule has 0 saturated carbocycles. The Bertz CT molecular complexity index is 1250. The van der Waals surface area contributed by atoms with E-state index in [2.05, 4.69) is 37.4 Å². The number of unbranched alkanes of at least 4 members (excludes halogenated alkanes) is 3. The first-order valence-electron chi connectivity index (χ1n) is 13.0. The van der Waals surface area contributed by atoms with Crippen LogP contribution in [0.15, 0.2) is 30.5 Å². The zero-order valence-corrected chi connectivity index (χ0v) is 23.7. The summed E-state index contributed by atoms with van der Waals surface area (Å²) >= 11 is 7.48. The number of anilines is 4. The van der Waals surface area contributed by atoms with Gasteiger partial charge in [-0.2, -0.15) is 0 Å². The minimum atomic E-state index is -0.274. The molecular weight excluding hydrogens is 522 g/mol. The Kier molecular flexibility index (Phi) is 9.52. The van der Waals surface area contributed by atoms with E-state index in [1.165, 1.54) is 30.4 Å². The Hall–Kier alpha value is -3.24. The highest BCUT2D eigenvalue weighted by Crippen LogP contribution is 2.28. The number of nitrogens with zero attached hydrogens (tertiary/aromatic N) is 5. The van der Waals surface area contributed by atoms with Crippen molar-refractivity contribution in [2.24, 2.45) is 0 Å². The second-order valence-electron chi connectivity index (χ2n) is 9.38. The number of rotatable bonds is 10. The summed E-state index contributed by atoms with van der Waals surface area (Å²) in [6.07, 6.45) is 6.60. The number of amides is 2. The van der Waals surface area contributed by atoms with Gasteiger partial charge >= 0.3 is 0 Å². The van der Waals surface area contributed by atoms with Crippen LogP contribution in [0.3, 0.4) is 0 Å². The van der Waals surface area contributed by atoms with Gasteiger partial charge in [-0.1, -0.05) is 61.3 Å². The molecule has 1 aliphatic rings. The van der Waals surface area contributed by atoms with Crippen LogP contribution in [0.25, 0.3) is 0 Å². The smallest absolute Gasteiger partial charge is 0.267 e. The van der Waals surface area contributed by atoms with Crippen molar-refractivity contribution in [3.05, 3.63) is 51.7 Å². The molecular formula is C27H34ClN7O2S. The van der Waals surface area contributed by atoms with Gasteiger partial charge < -0.3 is 20.4 Å². The van der Waals surface area contributed by atoms with Crippen molar-refractivity contribution in [3.8, 4) is 0 Å². The quantitative estimate of drug-likeness (QED) is 0.304. The molecule has 2 aromatic heterocycles. The number of hydrogen-bond acceptors (Lipinski definition) is 8. The molecule has 11 heteroatoms. The molecule has 0 bridgehead atoms. The van der Waals surface area contributed by atoms with Crippen LogP contribution < -0.4 is 15.5 Å². The number of thiazole rings is 1. The van der Waals surface area contributed by atoms with Gasteiger partial charge in [-0.25, -0.2) is 15.0 Å². The molecule has 1 saturated heterocycles. The van der Waals surface area contributed by atoms with E-state index in [4.69, 9.17) is 11.6 Å². The molecule has 0 radical (unpaired) electrons. The van der Waals surface area contributed by atoms with Crippen LogP contribution in [0, 0.1) is 13.8 Å². The molecule has 3 aromatic rings. The number of carbonyl (C=O) groups is 2. The van der Waals surface area contributed by atoms with Crippen molar-refractivity contribution in [2.75, 3.05) is 41.7 Å². The van der Waals surface area contributed by atoms with Crippen LogP contribution in [0.2, 0.25) is 5.02 Å². The minimum absolute atomic E-state index is 0.246. The third-order valence-corrected chi connectivity index (χ3v) is 7.68. The summed E-state index contributed by atoms with van der Waals surface area (Å²) in [7, 11) is 0. The zero-order valence-electron chi connectivity index (χ0n) is 22.1. The molecule has 1 aromatic carbocycles. The normalized spacial score (nSPS) is 13.5. The predicted molar refractivity (Wildman–Crippen MR) is 154 cm³/mol. The molecule has 0 atom stereocenters. The third-order valence-electron chi connectivity index (χ3n) is 6.45. The lowest BCUT2D eigenvalue weighted by Crippen LogP contribution is -2.49. The Balaban J connectivity index is 1.35. The first-order valence-corrected chi connectivity index (χ1v) is 14.2. The van der Waals surface area contributed by atoms with Crippen molar-refractivity contribution >= 4 is 57.2 Å². The van der Waals surface area contributed by atoms with E-state index in [-0.39, 0.29) is 11.8 Å². The van der Waals surface area contributed by atoms with Gasteiger partial charge in [0.1, 0.15) is 22.3 Å². The molecule has 2 amide bonds. The number of carbonyl (C=O) groups excluding carboxylic acids is 2. The molecule has 0 unspecified atom stereocenters. The number of hydrogen-bond donors (Lipinski definition) is 2. The summed E-state index contributed by atoms with van der Waals surface area (Å²) in [5.41, 5.74) is 1.48. The van der Waals surface area contributed by atoms with E-state index in [0.29, 0.717) is 51.9 Å². The molecule has 0 aliphatic carbocycles. The van der Waals surface area contributed by atoms with Crippen LogP contribution in [-0.2, 0) is 4.79 Å². The number of piperazine rings is 1. The van der Waals surface area contributed by atoms with Crippen molar-refractivity contribution in [1.82, 2.24) is 19.9 Å². The average Bonchev–Trinajstić information content (AvgIpc) is 3.37. The SMILES string of the molecule is CCCCCCC(=O)N1CCN(c2cc(Nc3ncc(C(=O)Nc4c(C)cccc4Cl)s3)nc(C)n2)CC1. The first kappa shape index (κ1) is 27.8. The van der Waals surface area contributed by atoms with E-state index in [1.54, 1.807) is 6.07 Å². The second-order valence-corrected chi connectivity index (χ2v) is 10.8. The molecule has 1 aliphatic heterocycles. The number of aromatic nitrogens is 3. The highest BCUT2D eigenvalue weighted by atomic mass is 35.5. The van der Waals surface area contributed by atoms with Gasteiger partial charge in [-0.05, 0) is 31.9 Å². The average molecular weight is 556 g/mol. The predicted octanol–water partition coefficient (Wildman–Crippen LogP) is 5.82. The van der Waals surface area contributed by atoms with Crippen molar-refractivity contribution < 1.29 is 9.59 Å². The van der Waals surface area contributed by atoms with Crippen molar-refractivity contribution in [3.63, 3.8) is 0 Å². The number of benzene rings is 1. The lowest BCUT2D eigenvalue weighted by Gasteiger charge is -2.35. The van der Waals surface area contributed by atoms with Crippen LogP contribution >= 0.6 is 22.9 Å². The molecule has 2 N–H and O–H groups in total. The van der Waals surface area contributed by atoms with E-state index >= 15 is 0 Å². The number of halogens is 1. The molecule has 4 rings (SSSR count). The minimum Gasteiger partial charge on any atom is -0.353 e. The maximum absolute atomic E-state index is 12.8. The Morgan fingerprint density at radius 1 is 1.08 bits per heavy atom. The van der Waals surface area contributed by atoms with Crippen LogP contribution in [0.5, 0.6) is 0 Å². The third kappa shape index (κ3) is 7.20. The number of para-hydroxylation sites is 1. The summed E-state index contributed by atoms with van der Waals surface area (Å²) in [6, 6.07) is 7.35. The fourth-order valence-corrected chi connectivity index (χ4v) is 5.32. The fourth-order valence-electron chi connectivity index (χ4n) is 4.34. The molecule has 38 heavy (non-hydrogen) atoms. The van der Waals surface area contributed by atoms with Gasteiger partial charge in [0.05, 0.1) is 16.9 Å². The maximum Gasteiger partial charge on any atom is 0.267 e. The van der Waals surface area contributed by atoms with E-state index < -0.39 is 0 Å². The second kappa shape index (κ2) is 13.0. The largest absolute Gasteiger partial charge is 0.353 e. The standard InChI is InChI=1S/C27H34ClN7O2S/c1-4-5-6-7-11-24(36)35-14-12-34(13-15-35)23-16-22(30-19(3)31-23)32-27-29-17-21(38-27)26(37)33-25-18(2)9-8-10-20(25)28/h8-10,16-17H,4-7,11-15H2,1-3H3,(H,33,37)(H,29,30,31,32). The van der Waals surface area contributed by atoms with E-state index in [1.807, 2.05) is 36.9 Å². The van der Waals surface area contributed by atoms with Crippen molar-refractivity contribution in [1.29, 1.82) is 0 Å². The molecule has 9 nitrogen and oxygen atoms in total. The summed E-state index contributed by atoms with van der Waals surface area (Å²) < 4.78 is 0. The Morgan fingerprint density at radius 2 is 1.87 bits per heavy atom. The lowest BCUT2D eigenvalue weighted by molar-refractivity contribution is -0.131. The number of aryl methyl sites for hydroxylation is 2. The molecule has 202 valence electrons. The van der Waals surface area contributed by atoms with Crippen LogP contribution in [0.1, 0.15) is 60.1 Å². The van der Waals surface area contributed by atoms with Crippen LogP contribution in [-0.4, -0.2) is 57.8 Å². The van der Waals surface area contributed by atoms with E-state index in [9.17, 15) is 9.59 Å². The Labute approximate surface area is 232 Å². The topological polar surface area (TPSA) is 103 Å². The Morgan fingerprint density at radius 3 is 2.61 bits per heavy atom.